The molecule has 1 aromatic rings. The number of amides is 1. The van der Waals surface area contributed by atoms with Crippen molar-refractivity contribution in [2.75, 3.05) is 31.6 Å². The number of carbonyl (C=O) groups is 1. The summed E-state index contributed by atoms with van der Waals surface area (Å²) in [6, 6.07) is 7.79. The van der Waals surface area contributed by atoms with Gasteiger partial charge in [0.05, 0.1) is 19.3 Å². The van der Waals surface area contributed by atoms with E-state index in [4.69, 9.17) is 10.5 Å². The van der Waals surface area contributed by atoms with Crippen molar-refractivity contribution in [3.05, 3.63) is 29.8 Å². The van der Waals surface area contributed by atoms with Crippen LogP contribution in [0.25, 0.3) is 0 Å². The number of benzene rings is 1. The summed E-state index contributed by atoms with van der Waals surface area (Å²) in [5, 5.41) is 6.04. The lowest BCUT2D eigenvalue weighted by molar-refractivity contribution is 0.0211. The number of ether oxygens (including phenoxy) is 1. The highest BCUT2D eigenvalue weighted by Crippen LogP contribution is 2.13. The largest absolute Gasteiger partial charge is 0.378 e. The van der Waals surface area contributed by atoms with Crippen LogP contribution in [0.5, 0.6) is 0 Å². The zero-order valence-electron chi connectivity index (χ0n) is 9.61. The molecule has 0 atom stereocenters. The molecular weight excluding hydrogens is 218 g/mol. The average Bonchev–Trinajstić information content (AvgIpc) is 2.31. The Labute approximate surface area is 100 Å². The topological polar surface area (TPSA) is 76.4 Å². The molecule has 1 aliphatic heterocycles. The van der Waals surface area contributed by atoms with E-state index in [1.54, 1.807) is 12.1 Å². The summed E-state index contributed by atoms with van der Waals surface area (Å²) in [4.78, 5) is 11.6. The maximum absolute atomic E-state index is 11.6. The van der Waals surface area contributed by atoms with Gasteiger partial charge in [-0.2, -0.15) is 0 Å². The molecule has 1 amide bonds. The van der Waals surface area contributed by atoms with Crippen molar-refractivity contribution in [1.82, 2.24) is 5.32 Å². The number of nitrogens with two attached hydrogens (primary N) is 1. The van der Waals surface area contributed by atoms with Gasteiger partial charge in [0.15, 0.2) is 0 Å². The third-order valence-corrected chi connectivity index (χ3v) is 2.59. The molecule has 92 valence electrons. The van der Waals surface area contributed by atoms with Crippen molar-refractivity contribution in [3.63, 3.8) is 0 Å². The molecule has 2 rings (SSSR count). The predicted octanol–water partition coefficient (Wildman–Crippen LogP) is 0.186. The van der Waals surface area contributed by atoms with Crippen LogP contribution in [0.15, 0.2) is 24.3 Å². The van der Waals surface area contributed by atoms with E-state index in [-0.39, 0.29) is 5.91 Å². The highest BCUT2D eigenvalue weighted by Gasteiger charge is 2.17. The minimum Gasteiger partial charge on any atom is -0.378 e. The molecule has 17 heavy (non-hydrogen) atoms. The van der Waals surface area contributed by atoms with Crippen molar-refractivity contribution < 1.29 is 9.53 Å². The lowest BCUT2D eigenvalue weighted by Crippen LogP contribution is -2.40. The van der Waals surface area contributed by atoms with E-state index in [0.717, 1.165) is 18.9 Å². The Morgan fingerprint density at radius 3 is 2.59 bits per heavy atom. The number of anilines is 1. The first kappa shape index (κ1) is 11.9. The monoisotopic (exact) mass is 235 g/mol. The maximum Gasteiger partial charge on any atom is 0.251 e. The minimum absolute atomic E-state index is 0.0889. The summed E-state index contributed by atoms with van der Waals surface area (Å²) in [6.07, 6.45) is 0. The number of nitrogens with one attached hydrogen (secondary N) is 2. The molecular formula is C12H17N3O2. The van der Waals surface area contributed by atoms with Crippen LogP contribution in [0.1, 0.15) is 10.4 Å². The molecule has 1 saturated heterocycles. The number of hydrogen-bond donors (Lipinski definition) is 3. The minimum atomic E-state index is -0.0889. The van der Waals surface area contributed by atoms with Crippen molar-refractivity contribution in [3.8, 4) is 0 Å². The standard InChI is InChI=1S/C12H17N3O2/c13-5-6-14-12(16)9-1-3-10(4-2-9)15-11-7-17-8-11/h1-4,11,15H,5-8,13H2,(H,14,16). The zero-order chi connectivity index (χ0) is 12.1. The van der Waals surface area contributed by atoms with Gasteiger partial charge in [-0.1, -0.05) is 0 Å². The van der Waals surface area contributed by atoms with Gasteiger partial charge >= 0.3 is 0 Å². The molecule has 1 aliphatic rings. The molecule has 4 N–H and O–H groups in total. The van der Waals surface area contributed by atoms with Crippen molar-refractivity contribution in [2.24, 2.45) is 5.73 Å². The van der Waals surface area contributed by atoms with E-state index < -0.39 is 0 Å². The van der Waals surface area contributed by atoms with Crippen molar-refractivity contribution in [1.29, 1.82) is 0 Å². The Morgan fingerprint density at radius 1 is 1.35 bits per heavy atom. The maximum atomic E-state index is 11.6. The van der Waals surface area contributed by atoms with Crippen LogP contribution < -0.4 is 16.4 Å². The molecule has 0 saturated carbocycles. The summed E-state index contributed by atoms with van der Waals surface area (Å²) in [5.74, 6) is -0.0889. The van der Waals surface area contributed by atoms with Gasteiger partial charge in [0.25, 0.3) is 5.91 Å². The summed E-state index contributed by atoms with van der Waals surface area (Å²) in [7, 11) is 0. The SMILES string of the molecule is NCCNC(=O)c1ccc(NC2COC2)cc1. The quantitative estimate of drug-likeness (QED) is 0.680. The van der Waals surface area contributed by atoms with Gasteiger partial charge in [-0.15, -0.1) is 0 Å². The molecule has 0 aromatic heterocycles. The van der Waals surface area contributed by atoms with Gasteiger partial charge in [0.1, 0.15) is 0 Å². The molecule has 0 unspecified atom stereocenters. The molecule has 5 nitrogen and oxygen atoms in total. The Kier molecular flexibility index (Phi) is 3.95. The fraction of sp³-hybridized carbons (Fsp3) is 0.417. The van der Waals surface area contributed by atoms with Crippen LogP contribution in [0.3, 0.4) is 0 Å². The van der Waals surface area contributed by atoms with Gasteiger partial charge < -0.3 is 21.1 Å². The molecule has 0 spiro atoms. The van der Waals surface area contributed by atoms with Crippen LogP contribution in [-0.2, 0) is 4.74 Å². The Balaban J connectivity index is 1.89. The lowest BCUT2D eigenvalue weighted by Gasteiger charge is -2.27. The molecule has 5 heteroatoms. The first-order chi connectivity index (χ1) is 8.29. The van der Waals surface area contributed by atoms with Crippen LogP contribution in [-0.4, -0.2) is 38.3 Å². The number of rotatable bonds is 5. The smallest absolute Gasteiger partial charge is 0.251 e. The van der Waals surface area contributed by atoms with Gasteiger partial charge in [0, 0.05) is 24.3 Å². The van der Waals surface area contributed by atoms with Crippen molar-refractivity contribution in [2.45, 2.75) is 6.04 Å². The molecule has 1 heterocycles. The molecule has 0 radical (unpaired) electrons. The van der Waals surface area contributed by atoms with Crippen LogP contribution in [0.2, 0.25) is 0 Å². The average molecular weight is 235 g/mol. The first-order valence-electron chi connectivity index (χ1n) is 5.72. The van der Waals surface area contributed by atoms with Crippen LogP contribution in [0.4, 0.5) is 5.69 Å². The Morgan fingerprint density at radius 2 is 2.06 bits per heavy atom. The summed E-state index contributed by atoms with van der Waals surface area (Å²) in [5.41, 5.74) is 6.97. The molecule has 0 aliphatic carbocycles. The highest BCUT2D eigenvalue weighted by atomic mass is 16.5. The fourth-order valence-corrected chi connectivity index (χ4v) is 1.56. The predicted molar refractivity (Wildman–Crippen MR) is 66.1 cm³/mol. The second-order valence-corrected chi connectivity index (χ2v) is 4.00. The lowest BCUT2D eigenvalue weighted by atomic mass is 10.1. The summed E-state index contributed by atoms with van der Waals surface area (Å²) in [6.45, 7) is 2.45. The second kappa shape index (κ2) is 5.65. The molecule has 1 fully saturated rings. The third-order valence-electron chi connectivity index (χ3n) is 2.59. The second-order valence-electron chi connectivity index (χ2n) is 4.00. The van der Waals surface area contributed by atoms with Crippen molar-refractivity contribution >= 4 is 11.6 Å². The fourth-order valence-electron chi connectivity index (χ4n) is 1.56. The molecule has 1 aromatic carbocycles. The van der Waals surface area contributed by atoms with E-state index in [0.29, 0.717) is 24.7 Å². The third kappa shape index (κ3) is 3.18. The zero-order valence-corrected chi connectivity index (χ0v) is 9.61. The van der Waals surface area contributed by atoms with E-state index in [2.05, 4.69) is 10.6 Å². The van der Waals surface area contributed by atoms with E-state index in [1.807, 2.05) is 12.1 Å². The van der Waals surface area contributed by atoms with Crippen LogP contribution in [0, 0.1) is 0 Å². The van der Waals surface area contributed by atoms with Crippen LogP contribution >= 0.6 is 0 Å². The van der Waals surface area contributed by atoms with E-state index in [9.17, 15) is 4.79 Å². The first-order valence-corrected chi connectivity index (χ1v) is 5.72. The Bertz CT molecular complexity index is 374. The van der Waals surface area contributed by atoms with E-state index in [1.165, 1.54) is 0 Å². The van der Waals surface area contributed by atoms with Gasteiger partial charge in [-0.05, 0) is 24.3 Å². The number of carbonyl (C=O) groups excluding carboxylic acids is 1. The molecule has 0 bridgehead atoms. The Hall–Kier alpha value is -1.59. The summed E-state index contributed by atoms with van der Waals surface area (Å²) >= 11 is 0. The highest BCUT2D eigenvalue weighted by molar-refractivity contribution is 5.94. The number of hydrogen-bond acceptors (Lipinski definition) is 4. The summed E-state index contributed by atoms with van der Waals surface area (Å²) < 4.78 is 5.07. The van der Waals surface area contributed by atoms with Gasteiger partial charge in [0.2, 0.25) is 0 Å². The van der Waals surface area contributed by atoms with Gasteiger partial charge in [-0.3, -0.25) is 4.79 Å². The van der Waals surface area contributed by atoms with E-state index >= 15 is 0 Å². The van der Waals surface area contributed by atoms with Gasteiger partial charge in [-0.25, -0.2) is 0 Å². The normalized spacial score (nSPS) is 15.1.